The number of halogens is 1. The number of piperidine rings is 1. The Bertz CT molecular complexity index is 849. The van der Waals surface area contributed by atoms with Crippen LogP contribution in [0, 0.1) is 17.2 Å². The van der Waals surface area contributed by atoms with Crippen LogP contribution in [0.3, 0.4) is 0 Å². The third-order valence-corrected chi connectivity index (χ3v) is 5.32. The van der Waals surface area contributed by atoms with Crippen molar-refractivity contribution in [2.45, 2.75) is 19.3 Å². The zero-order chi connectivity index (χ0) is 19.1. The van der Waals surface area contributed by atoms with Gasteiger partial charge in [-0.15, -0.1) is 0 Å². The lowest BCUT2D eigenvalue weighted by atomic mass is 9.90. The molecule has 1 heterocycles. The quantitative estimate of drug-likeness (QED) is 0.557. The predicted molar refractivity (Wildman–Crippen MR) is 111 cm³/mol. The van der Waals surface area contributed by atoms with Crippen LogP contribution in [0.1, 0.15) is 18.4 Å². The van der Waals surface area contributed by atoms with E-state index in [-0.39, 0.29) is 11.5 Å². The molecule has 3 rings (SSSR count). The van der Waals surface area contributed by atoms with Gasteiger partial charge in [0.05, 0.1) is 0 Å². The zero-order valence-electron chi connectivity index (χ0n) is 15.1. The highest BCUT2D eigenvalue weighted by molar-refractivity contribution is 9.10. The maximum atomic E-state index is 12.7. The first-order valence-electron chi connectivity index (χ1n) is 9.11. The molecule has 0 spiro atoms. The number of anilines is 1. The molecule has 0 unspecified atom stereocenters. The molecular weight excluding hydrogens is 402 g/mol. The number of benzene rings is 2. The van der Waals surface area contributed by atoms with E-state index in [9.17, 15) is 10.1 Å². The largest absolute Gasteiger partial charge is 0.360 e. The minimum atomic E-state index is -0.196. The van der Waals surface area contributed by atoms with E-state index in [1.165, 1.54) is 11.8 Å². The summed E-state index contributed by atoms with van der Waals surface area (Å²) in [6.07, 6.45) is 4.49. The number of hydrogen-bond donors (Lipinski definition) is 1. The van der Waals surface area contributed by atoms with E-state index in [0.717, 1.165) is 29.4 Å². The number of rotatable bonds is 5. The molecule has 0 radical (unpaired) electrons. The maximum Gasteiger partial charge on any atom is 0.266 e. The summed E-state index contributed by atoms with van der Waals surface area (Å²) in [6, 6.07) is 20.1. The lowest BCUT2D eigenvalue weighted by Crippen LogP contribution is -2.39. The molecule has 0 atom stereocenters. The van der Waals surface area contributed by atoms with E-state index in [0.29, 0.717) is 19.0 Å². The molecule has 1 fully saturated rings. The third-order valence-electron chi connectivity index (χ3n) is 4.83. The van der Waals surface area contributed by atoms with Crippen LogP contribution in [0.4, 0.5) is 5.69 Å². The first-order chi connectivity index (χ1) is 13.2. The Morgan fingerprint density at radius 1 is 1.19 bits per heavy atom. The van der Waals surface area contributed by atoms with Crippen molar-refractivity contribution in [3.05, 3.63) is 76.4 Å². The lowest BCUT2D eigenvalue weighted by Gasteiger charge is -2.32. The smallest absolute Gasteiger partial charge is 0.266 e. The van der Waals surface area contributed by atoms with Gasteiger partial charge in [0, 0.05) is 29.4 Å². The van der Waals surface area contributed by atoms with Crippen molar-refractivity contribution in [1.29, 1.82) is 5.26 Å². The molecular formula is C22H22BrN3O. The molecule has 27 heavy (non-hydrogen) atoms. The number of hydrogen-bond acceptors (Lipinski definition) is 3. The fourth-order valence-corrected chi connectivity index (χ4v) is 3.73. The summed E-state index contributed by atoms with van der Waals surface area (Å²) < 4.78 is 0.936. The number of likely N-dealkylation sites (tertiary alicyclic amines) is 1. The Kier molecular flexibility index (Phi) is 6.67. The second kappa shape index (κ2) is 9.38. The molecule has 0 saturated carbocycles. The second-order valence-electron chi connectivity index (χ2n) is 6.75. The van der Waals surface area contributed by atoms with E-state index >= 15 is 0 Å². The molecule has 1 N–H and O–H groups in total. The minimum Gasteiger partial charge on any atom is -0.360 e. The normalized spacial score (nSPS) is 15.3. The number of carbonyl (C=O) groups is 1. The van der Waals surface area contributed by atoms with Crippen LogP contribution in [0.15, 0.2) is 70.8 Å². The van der Waals surface area contributed by atoms with Gasteiger partial charge in [-0.3, -0.25) is 4.79 Å². The number of nitriles is 1. The van der Waals surface area contributed by atoms with Crippen molar-refractivity contribution in [3.8, 4) is 6.07 Å². The molecule has 2 aromatic carbocycles. The van der Waals surface area contributed by atoms with Gasteiger partial charge in [0.2, 0.25) is 0 Å². The van der Waals surface area contributed by atoms with Crippen LogP contribution in [-0.2, 0) is 11.2 Å². The van der Waals surface area contributed by atoms with E-state index < -0.39 is 0 Å². The third kappa shape index (κ3) is 5.45. The van der Waals surface area contributed by atoms with E-state index in [2.05, 4.69) is 45.5 Å². The standard InChI is InChI=1S/C22H22BrN3O/c23-20-7-4-8-21(14-20)25-16-19(15-24)22(27)26-11-9-18(10-12-26)13-17-5-2-1-3-6-17/h1-8,14,16,18,25H,9-13H2/b19-16-. The van der Waals surface area contributed by atoms with Crippen molar-refractivity contribution in [3.63, 3.8) is 0 Å². The molecule has 0 aliphatic carbocycles. The van der Waals surface area contributed by atoms with Crippen molar-refractivity contribution < 1.29 is 4.79 Å². The molecule has 138 valence electrons. The topological polar surface area (TPSA) is 56.1 Å². The van der Waals surface area contributed by atoms with Crippen LogP contribution in [0.5, 0.6) is 0 Å². The molecule has 0 aromatic heterocycles. The van der Waals surface area contributed by atoms with Gasteiger partial charge in [0.15, 0.2) is 0 Å². The molecule has 0 bridgehead atoms. The Balaban J connectivity index is 1.55. The summed E-state index contributed by atoms with van der Waals surface area (Å²) >= 11 is 3.41. The van der Waals surface area contributed by atoms with Crippen LogP contribution >= 0.6 is 15.9 Å². The van der Waals surface area contributed by atoms with E-state index in [1.54, 1.807) is 4.90 Å². The summed E-state index contributed by atoms with van der Waals surface area (Å²) in [5, 5.41) is 12.4. The number of amides is 1. The van der Waals surface area contributed by atoms with E-state index in [4.69, 9.17) is 0 Å². The van der Waals surface area contributed by atoms with Gasteiger partial charge in [0.25, 0.3) is 5.91 Å². The average molecular weight is 424 g/mol. The van der Waals surface area contributed by atoms with Gasteiger partial charge in [-0.25, -0.2) is 0 Å². The molecule has 2 aromatic rings. The van der Waals surface area contributed by atoms with E-state index in [1.807, 2.05) is 36.4 Å². The molecule has 1 saturated heterocycles. The van der Waals surface area contributed by atoms with Gasteiger partial charge < -0.3 is 10.2 Å². The number of carbonyl (C=O) groups excluding carboxylic acids is 1. The summed E-state index contributed by atoms with van der Waals surface area (Å²) in [6.45, 7) is 1.40. The minimum absolute atomic E-state index is 0.136. The Morgan fingerprint density at radius 3 is 2.59 bits per heavy atom. The fourth-order valence-electron chi connectivity index (χ4n) is 3.33. The lowest BCUT2D eigenvalue weighted by molar-refractivity contribution is -0.128. The second-order valence-corrected chi connectivity index (χ2v) is 7.67. The zero-order valence-corrected chi connectivity index (χ0v) is 16.7. The highest BCUT2D eigenvalue weighted by atomic mass is 79.9. The summed E-state index contributed by atoms with van der Waals surface area (Å²) in [5.41, 5.74) is 2.31. The summed E-state index contributed by atoms with van der Waals surface area (Å²) in [5.74, 6) is 0.393. The van der Waals surface area contributed by atoms with Crippen molar-refractivity contribution in [1.82, 2.24) is 4.90 Å². The van der Waals surface area contributed by atoms with Crippen molar-refractivity contribution >= 4 is 27.5 Å². The molecule has 1 aliphatic heterocycles. The van der Waals surface area contributed by atoms with Crippen molar-refractivity contribution in [2.75, 3.05) is 18.4 Å². The van der Waals surface area contributed by atoms with Gasteiger partial charge in [0.1, 0.15) is 11.6 Å². The number of nitrogens with one attached hydrogen (secondary N) is 1. The van der Waals surface area contributed by atoms with Crippen molar-refractivity contribution in [2.24, 2.45) is 5.92 Å². The van der Waals surface area contributed by atoms with Gasteiger partial charge in [-0.1, -0.05) is 52.3 Å². The summed E-state index contributed by atoms with van der Waals surface area (Å²) in [4.78, 5) is 14.5. The van der Waals surface area contributed by atoms with Crippen LogP contribution in [0.2, 0.25) is 0 Å². The van der Waals surface area contributed by atoms with Crippen LogP contribution < -0.4 is 5.32 Å². The van der Waals surface area contributed by atoms with Gasteiger partial charge in [-0.2, -0.15) is 5.26 Å². The monoisotopic (exact) mass is 423 g/mol. The molecule has 4 nitrogen and oxygen atoms in total. The SMILES string of the molecule is N#C/C(=C/Nc1cccc(Br)c1)C(=O)N1CCC(Cc2ccccc2)CC1. The first kappa shape index (κ1) is 19.2. The molecule has 1 aliphatic rings. The Morgan fingerprint density at radius 2 is 1.93 bits per heavy atom. The fraction of sp³-hybridized carbons (Fsp3) is 0.273. The highest BCUT2D eigenvalue weighted by Crippen LogP contribution is 2.23. The highest BCUT2D eigenvalue weighted by Gasteiger charge is 2.25. The predicted octanol–water partition coefficient (Wildman–Crippen LogP) is 4.75. The van der Waals surface area contributed by atoms with Gasteiger partial charge in [-0.05, 0) is 48.9 Å². The molecule has 5 heteroatoms. The first-order valence-corrected chi connectivity index (χ1v) is 9.90. The van der Waals surface area contributed by atoms with Gasteiger partial charge >= 0.3 is 0 Å². The van der Waals surface area contributed by atoms with Crippen LogP contribution in [0.25, 0.3) is 0 Å². The Hall–Kier alpha value is -2.58. The Labute approximate surface area is 168 Å². The molecule has 1 amide bonds. The average Bonchev–Trinajstić information content (AvgIpc) is 2.70. The van der Waals surface area contributed by atoms with Crippen LogP contribution in [-0.4, -0.2) is 23.9 Å². The number of nitrogens with zero attached hydrogens (tertiary/aromatic N) is 2. The maximum absolute atomic E-state index is 12.7. The summed E-state index contributed by atoms with van der Waals surface area (Å²) in [7, 11) is 0.